The van der Waals surface area contributed by atoms with Crippen LogP contribution in [-0.4, -0.2) is 24.9 Å². The lowest BCUT2D eigenvalue weighted by Gasteiger charge is -2.03. The number of aromatic nitrogens is 5. The zero-order valence-corrected chi connectivity index (χ0v) is 9.77. The van der Waals surface area contributed by atoms with Crippen molar-refractivity contribution in [3.8, 4) is 11.3 Å². The maximum absolute atomic E-state index is 11.4. The summed E-state index contributed by atoms with van der Waals surface area (Å²) in [6, 6.07) is 7.60. The van der Waals surface area contributed by atoms with Gasteiger partial charge < -0.3 is 15.0 Å². The predicted molar refractivity (Wildman–Crippen MR) is 71.8 cm³/mol. The molecule has 19 heavy (non-hydrogen) atoms. The minimum Gasteiger partial charge on any atom is -0.346 e. The number of H-pyrrole nitrogens is 3. The SMILES string of the molecule is O=c1[nH]c2cccc(-c3ncnc4[nH]ccc34)c2[nH]1. The van der Waals surface area contributed by atoms with Gasteiger partial charge in [0.1, 0.15) is 12.0 Å². The summed E-state index contributed by atoms with van der Waals surface area (Å²) in [4.78, 5) is 28.5. The summed E-state index contributed by atoms with van der Waals surface area (Å²) in [5.74, 6) is 0. The number of para-hydroxylation sites is 1. The van der Waals surface area contributed by atoms with E-state index in [0.29, 0.717) is 0 Å². The summed E-state index contributed by atoms with van der Waals surface area (Å²) >= 11 is 0. The van der Waals surface area contributed by atoms with Crippen LogP contribution >= 0.6 is 0 Å². The number of fused-ring (bicyclic) bond motifs is 2. The summed E-state index contributed by atoms with van der Waals surface area (Å²) < 4.78 is 0. The molecule has 0 unspecified atom stereocenters. The third kappa shape index (κ3) is 1.40. The third-order valence-corrected chi connectivity index (χ3v) is 3.16. The zero-order valence-electron chi connectivity index (χ0n) is 9.77. The van der Waals surface area contributed by atoms with Gasteiger partial charge in [-0.25, -0.2) is 14.8 Å². The molecule has 0 aliphatic rings. The van der Waals surface area contributed by atoms with E-state index in [-0.39, 0.29) is 5.69 Å². The summed E-state index contributed by atoms with van der Waals surface area (Å²) in [5.41, 5.74) is 3.76. The maximum Gasteiger partial charge on any atom is 0.323 e. The first-order valence-corrected chi connectivity index (χ1v) is 5.82. The Hall–Kier alpha value is -2.89. The molecule has 0 fully saturated rings. The van der Waals surface area contributed by atoms with E-state index in [2.05, 4.69) is 24.9 Å². The molecule has 0 spiro atoms. The Morgan fingerprint density at radius 3 is 2.95 bits per heavy atom. The van der Waals surface area contributed by atoms with E-state index in [4.69, 9.17) is 0 Å². The molecule has 3 heterocycles. The van der Waals surface area contributed by atoms with Crippen molar-refractivity contribution < 1.29 is 0 Å². The molecule has 4 rings (SSSR count). The molecule has 92 valence electrons. The molecule has 6 heteroatoms. The van der Waals surface area contributed by atoms with Gasteiger partial charge in [0.25, 0.3) is 0 Å². The molecule has 3 aromatic heterocycles. The summed E-state index contributed by atoms with van der Waals surface area (Å²) in [5, 5.41) is 0.928. The fourth-order valence-electron chi connectivity index (χ4n) is 2.34. The van der Waals surface area contributed by atoms with Crippen molar-refractivity contribution in [3.05, 3.63) is 47.3 Å². The van der Waals surface area contributed by atoms with Crippen molar-refractivity contribution in [1.82, 2.24) is 24.9 Å². The summed E-state index contributed by atoms with van der Waals surface area (Å²) in [6.45, 7) is 0. The second-order valence-electron chi connectivity index (χ2n) is 4.27. The topological polar surface area (TPSA) is 90.2 Å². The van der Waals surface area contributed by atoms with E-state index >= 15 is 0 Å². The average molecular weight is 251 g/mol. The molecule has 0 bridgehead atoms. The van der Waals surface area contributed by atoms with Crippen LogP contribution in [-0.2, 0) is 0 Å². The van der Waals surface area contributed by atoms with Crippen LogP contribution in [0, 0.1) is 0 Å². The van der Waals surface area contributed by atoms with Gasteiger partial charge in [0.15, 0.2) is 0 Å². The van der Waals surface area contributed by atoms with Crippen LogP contribution in [0.1, 0.15) is 0 Å². The van der Waals surface area contributed by atoms with Crippen LogP contribution in [0.25, 0.3) is 33.3 Å². The van der Waals surface area contributed by atoms with Crippen LogP contribution in [0.15, 0.2) is 41.6 Å². The van der Waals surface area contributed by atoms with E-state index in [1.54, 1.807) is 0 Å². The van der Waals surface area contributed by atoms with E-state index in [1.807, 2.05) is 30.5 Å². The Bertz CT molecular complexity index is 946. The number of imidazole rings is 1. The van der Waals surface area contributed by atoms with Crippen molar-refractivity contribution in [2.24, 2.45) is 0 Å². The van der Waals surface area contributed by atoms with Gasteiger partial charge in [-0.05, 0) is 12.1 Å². The lowest BCUT2D eigenvalue weighted by Crippen LogP contribution is -1.99. The first-order valence-electron chi connectivity index (χ1n) is 5.82. The third-order valence-electron chi connectivity index (χ3n) is 3.16. The normalized spacial score (nSPS) is 11.4. The van der Waals surface area contributed by atoms with E-state index in [0.717, 1.165) is 33.3 Å². The minimum absolute atomic E-state index is 0.221. The fraction of sp³-hybridized carbons (Fsp3) is 0. The van der Waals surface area contributed by atoms with Crippen LogP contribution in [0.2, 0.25) is 0 Å². The standard InChI is InChI=1S/C13H9N5O/c19-13-17-9-3-1-2-7(11(9)18-13)10-8-4-5-14-12(8)16-6-15-10/h1-6H,(H,14,15,16)(H2,17,18,19). The van der Waals surface area contributed by atoms with Gasteiger partial charge in [-0.2, -0.15) is 0 Å². The highest BCUT2D eigenvalue weighted by Crippen LogP contribution is 2.28. The summed E-state index contributed by atoms with van der Waals surface area (Å²) in [6.07, 6.45) is 3.33. The molecule has 3 N–H and O–H groups in total. The number of hydrogen-bond donors (Lipinski definition) is 3. The second kappa shape index (κ2) is 3.55. The quantitative estimate of drug-likeness (QED) is 0.481. The van der Waals surface area contributed by atoms with Crippen molar-refractivity contribution in [2.75, 3.05) is 0 Å². The molecule has 6 nitrogen and oxygen atoms in total. The lowest BCUT2D eigenvalue weighted by atomic mass is 10.1. The molecular formula is C13H9N5O. The number of aromatic amines is 3. The van der Waals surface area contributed by atoms with Gasteiger partial charge in [-0.15, -0.1) is 0 Å². The van der Waals surface area contributed by atoms with Crippen LogP contribution in [0.4, 0.5) is 0 Å². The Balaban J connectivity index is 2.14. The average Bonchev–Trinajstić information content (AvgIpc) is 3.02. The van der Waals surface area contributed by atoms with Gasteiger partial charge in [0.05, 0.1) is 16.7 Å². The van der Waals surface area contributed by atoms with Gasteiger partial charge in [0.2, 0.25) is 0 Å². The Morgan fingerprint density at radius 1 is 1.05 bits per heavy atom. The van der Waals surface area contributed by atoms with Gasteiger partial charge in [-0.1, -0.05) is 12.1 Å². The highest BCUT2D eigenvalue weighted by atomic mass is 16.1. The highest BCUT2D eigenvalue weighted by Gasteiger charge is 2.11. The fourth-order valence-corrected chi connectivity index (χ4v) is 2.34. The van der Waals surface area contributed by atoms with Gasteiger partial charge in [0, 0.05) is 17.1 Å². The Labute approximate surface area is 106 Å². The first kappa shape index (κ1) is 10.1. The van der Waals surface area contributed by atoms with Crippen molar-refractivity contribution >= 4 is 22.1 Å². The van der Waals surface area contributed by atoms with Crippen LogP contribution in [0.3, 0.4) is 0 Å². The number of hydrogen-bond acceptors (Lipinski definition) is 3. The van der Waals surface area contributed by atoms with Gasteiger partial charge >= 0.3 is 5.69 Å². The molecule has 0 atom stereocenters. The van der Waals surface area contributed by atoms with E-state index < -0.39 is 0 Å². The molecule has 0 aliphatic heterocycles. The minimum atomic E-state index is -0.221. The monoisotopic (exact) mass is 251 g/mol. The zero-order chi connectivity index (χ0) is 12.8. The molecular weight excluding hydrogens is 242 g/mol. The number of rotatable bonds is 1. The molecule has 0 saturated carbocycles. The number of nitrogens with zero attached hydrogens (tertiary/aromatic N) is 2. The number of benzene rings is 1. The van der Waals surface area contributed by atoms with Crippen molar-refractivity contribution in [2.45, 2.75) is 0 Å². The van der Waals surface area contributed by atoms with E-state index in [1.165, 1.54) is 6.33 Å². The Morgan fingerprint density at radius 2 is 2.00 bits per heavy atom. The largest absolute Gasteiger partial charge is 0.346 e. The molecule has 0 saturated heterocycles. The van der Waals surface area contributed by atoms with Crippen molar-refractivity contribution in [1.29, 1.82) is 0 Å². The first-order chi connectivity index (χ1) is 9.33. The predicted octanol–water partition coefficient (Wildman–Crippen LogP) is 1.79. The van der Waals surface area contributed by atoms with Gasteiger partial charge in [-0.3, -0.25) is 0 Å². The van der Waals surface area contributed by atoms with Crippen molar-refractivity contribution in [3.63, 3.8) is 0 Å². The van der Waals surface area contributed by atoms with Crippen LogP contribution < -0.4 is 5.69 Å². The highest BCUT2D eigenvalue weighted by molar-refractivity contribution is 5.99. The second-order valence-corrected chi connectivity index (χ2v) is 4.27. The summed E-state index contributed by atoms with van der Waals surface area (Å²) in [7, 11) is 0. The van der Waals surface area contributed by atoms with Crippen LogP contribution in [0.5, 0.6) is 0 Å². The molecule has 4 aromatic rings. The Kier molecular flexibility index (Phi) is 1.88. The smallest absolute Gasteiger partial charge is 0.323 e. The molecule has 0 radical (unpaired) electrons. The molecule has 0 aliphatic carbocycles. The maximum atomic E-state index is 11.4. The molecule has 1 aromatic carbocycles. The number of nitrogens with one attached hydrogen (secondary N) is 3. The van der Waals surface area contributed by atoms with E-state index in [9.17, 15) is 4.79 Å². The molecule has 0 amide bonds. The lowest BCUT2D eigenvalue weighted by molar-refractivity contribution is 1.20.